The van der Waals surface area contributed by atoms with E-state index in [2.05, 4.69) is 29.4 Å². The Morgan fingerprint density at radius 1 is 1.14 bits per heavy atom. The van der Waals surface area contributed by atoms with E-state index in [9.17, 15) is 5.11 Å². The Hall–Kier alpha value is -1.60. The van der Waals surface area contributed by atoms with Gasteiger partial charge in [0.2, 0.25) is 0 Å². The monoisotopic (exact) mass is 411 g/mol. The quantitative estimate of drug-likeness (QED) is 0.402. The van der Waals surface area contributed by atoms with Crippen LogP contribution in [0.2, 0.25) is 0 Å². The second kappa shape index (κ2) is 9.42. The first kappa shape index (κ1) is 18.4. The lowest BCUT2D eigenvalue weighted by Gasteiger charge is -2.08. The lowest BCUT2D eigenvalue weighted by atomic mass is 10.1. The molecule has 0 aliphatic rings. The van der Waals surface area contributed by atoms with Gasteiger partial charge < -0.3 is 16.2 Å². The molecule has 22 heavy (non-hydrogen) atoms. The summed E-state index contributed by atoms with van der Waals surface area (Å²) in [4.78, 5) is 4.33. The van der Waals surface area contributed by atoms with E-state index in [1.807, 2.05) is 36.4 Å². The van der Waals surface area contributed by atoms with Crippen LogP contribution in [-0.4, -0.2) is 11.1 Å². The van der Waals surface area contributed by atoms with Gasteiger partial charge in [-0.2, -0.15) is 0 Å². The SMILES string of the molecule is CCc1cccc(NC(N)=NCc2ccccc2CO)c1.I. The lowest BCUT2D eigenvalue weighted by Crippen LogP contribution is -2.22. The summed E-state index contributed by atoms with van der Waals surface area (Å²) in [5.41, 5.74) is 9.95. The summed E-state index contributed by atoms with van der Waals surface area (Å²) in [5, 5.41) is 12.4. The fraction of sp³-hybridized carbons (Fsp3) is 0.235. The fourth-order valence-corrected chi connectivity index (χ4v) is 2.09. The van der Waals surface area contributed by atoms with Gasteiger partial charge in [0, 0.05) is 5.69 Å². The van der Waals surface area contributed by atoms with Gasteiger partial charge in [-0.3, -0.25) is 0 Å². The Kier molecular flexibility index (Phi) is 7.90. The van der Waals surface area contributed by atoms with Crippen molar-refractivity contribution in [2.24, 2.45) is 10.7 Å². The molecular weight excluding hydrogens is 389 g/mol. The van der Waals surface area contributed by atoms with E-state index in [4.69, 9.17) is 5.73 Å². The highest BCUT2D eigenvalue weighted by Gasteiger charge is 2.00. The van der Waals surface area contributed by atoms with Crippen molar-refractivity contribution >= 4 is 35.6 Å². The second-order valence-electron chi connectivity index (χ2n) is 4.81. The summed E-state index contributed by atoms with van der Waals surface area (Å²) in [6, 6.07) is 15.8. The Morgan fingerprint density at radius 3 is 2.55 bits per heavy atom. The number of halogens is 1. The topological polar surface area (TPSA) is 70.6 Å². The molecule has 0 aliphatic heterocycles. The molecule has 4 N–H and O–H groups in total. The molecule has 0 fully saturated rings. The number of aliphatic hydroxyl groups is 1. The van der Waals surface area contributed by atoms with Crippen molar-refractivity contribution in [1.82, 2.24) is 0 Å². The van der Waals surface area contributed by atoms with Gasteiger partial charge in [0.25, 0.3) is 0 Å². The number of anilines is 1. The number of guanidine groups is 1. The summed E-state index contributed by atoms with van der Waals surface area (Å²) < 4.78 is 0. The molecule has 0 amide bonds. The van der Waals surface area contributed by atoms with Crippen LogP contribution in [0.5, 0.6) is 0 Å². The van der Waals surface area contributed by atoms with Gasteiger partial charge in [-0.05, 0) is 35.2 Å². The predicted molar refractivity (Wildman–Crippen MR) is 103 cm³/mol. The first-order valence-electron chi connectivity index (χ1n) is 7.06. The molecule has 0 aliphatic carbocycles. The number of nitrogens with two attached hydrogens (primary N) is 1. The molecule has 0 aromatic heterocycles. The predicted octanol–water partition coefficient (Wildman–Crippen LogP) is 3.29. The molecule has 118 valence electrons. The van der Waals surface area contributed by atoms with Gasteiger partial charge in [-0.1, -0.05) is 43.3 Å². The van der Waals surface area contributed by atoms with Crippen LogP contribution < -0.4 is 11.1 Å². The number of nitrogens with zero attached hydrogens (tertiary/aromatic N) is 1. The molecule has 2 aromatic rings. The molecule has 5 heteroatoms. The molecule has 0 saturated heterocycles. The van der Waals surface area contributed by atoms with Crippen LogP contribution in [0, 0.1) is 0 Å². The maximum absolute atomic E-state index is 9.28. The van der Waals surface area contributed by atoms with Crippen molar-refractivity contribution in [3.05, 3.63) is 65.2 Å². The molecule has 0 heterocycles. The first-order chi connectivity index (χ1) is 10.2. The fourth-order valence-electron chi connectivity index (χ4n) is 2.09. The zero-order chi connectivity index (χ0) is 15.1. The summed E-state index contributed by atoms with van der Waals surface area (Å²) in [5.74, 6) is 0.371. The number of benzene rings is 2. The summed E-state index contributed by atoms with van der Waals surface area (Å²) >= 11 is 0. The molecule has 0 spiro atoms. The van der Waals surface area contributed by atoms with Crippen molar-refractivity contribution in [1.29, 1.82) is 0 Å². The molecule has 4 nitrogen and oxygen atoms in total. The van der Waals surface area contributed by atoms with Crippen LogP contribution in [-0.2, 0) is 19.6 Å². The van der Waals surface area contributed by atoms with Crippen LogP contribution in [0.25, 0.3) is 0 Å². The standard InChI is InChI=1S/C17H21N3O.HI/c1-2-13-6-5-9-16(10-13)20-17(18)19-11-14-7-3-4-8-15(14)12-21;/h3-10,21H,2,11-12H2,1H3,(H3,18,19,20);1H. The summed E-state index contributed by atoms with van der Waals surface area (Å²) in [6.45, 7) is 2.57. The highest BCUT2D eigenvalue weighted by molar-refractivity contribution is 14.0. The second-order valence-corrected chi connectivity index (χ2v) is 4.81. The Balaban J connectivity index is 0.00000242. The van der Waals surface area contributed by atoms with E-state index in [-0.39, 0.29) is 30.6 Å². The van der Waals surface area contributed by atoms with E-state index < -0.39 is 0 Å². The Morgan fingerprint density at radius 2 is 1.86 bits per heavy atom. The van der Waals surface area contributed by atoms with Crippen molar-refractivity contribution in [2.45, 2.75) is 26.5 Å². The van der Waals surface area contributed by atoms with E-state index >= 15 is 0 Å². The molecule has 0 atom stereocenters. The van der Waals surface area contributed by atoms with Gasteiger partial charge in [0.1, 0.15) is 0 Å². The van der Waals surface area contributed by atoms with Gasteiger partial charge in [0.05, 0.1) is 13.2 Å². The third-order valence-corrected chi connectivity index (χ3v) is 3.32. The van der Waals surface area contributed by atoms with Gasteiger partial charge in [-0.25, -0.2) is 4.99 Å². The number of aryl methyl sites for hydroxylation is 1. The highest BCUT2D eigenvalue weighted by atomic mass is 127. The molecule has 2 rings (SSSR count). The van der Waals surface area contributed by atoms with Gasteiger partial charge in [0.15, 0.2) is 5.96 Å². The van der Waals surface area contributed by atoms with Crippen LogP contribution in [0.3, 0.4) is 0 Å². The average Bonchev–Trinajstić information content (AvgIpc) is 2.53. The maximum Gasteiger partial charge on any atom is 0.193 e. The largest absolute Gasteiger partial charge is 0.392 e. The van der Waals surface area contributed by atoms with Crippen molar-refractivity contribution in [3.63, 3.8) is 0 Å². The van der Waals surface area contributed by atoms with Crippen molar-refractivity contribution < 1.29 is 5.11 Å². The molecule has 0 bridgehead atoms. The van der Waals surface area contributed by atoms with Crippen molar-refractivity contribution in [2.75, 3.05) is 5.32 Å². The molecule has 0 unspecified atom stereocenters. The zero-order valence-electron chi connectivity index (χ0n) is 12.6. The minimum absolute atomic E-state index is 0. The van der Waals surface area contributed by atoms with Gasteiger partial charge >= 0.3 is 0 Å². The maximum atomic E-state index is 9.28. The number of hydrogen-bond donors (Lipinski definition) is 3. The number of aliphatic imine (C=N–C) groups is 1. The minimum Gasteiger partial charge on any atom is -0.392 e. The number of aliphatic hydroxyl groups excluding tert-OH is 1. The third-order valence-electron chi connectivity index (χ3n) is 3.32. The van der Waals surface area contributed by atoms with Gasteiger partial charge in [-0.15, -0.1) is 24.0 Å². The third kappa shape index (κ3) is 5.31. The smallest absolute Gasteiger partial charge is 0.193 e. The number of hydrogen-bond acceptors (Lipinski definition) is 2. The molecule has 0 saturated carbocycles. The van der Waals surface area contributed by atoms with Crippen molar-refractivity contribution in [3.8, 4) is 0 Å². The number of nitrogens with one attached hydrogen (secondary N) is 1. The van der Waals surface area contributed by atoms with Crippen LogP contribution in [0.1, 0.15) is 23.6 Å². The summed E-state index contributed by atoms with van der Waals surface area (Å²) in [6.07, 6.45) is 0.983. The average molecular weight is 411 g/mol. The van der Waals surface area contributed by atoms with Crippen LogP contribution in [0.15, 0.2) is 53.5 Å². The minimum atomic E-state index is 0. The zero-order valence-corrected chi connectivity index (χ0v) is 15.0. The van der Waals surface area contributed by atoms with E-state index in [0.717, 1.165) is 23.2 Å². The summed E-state index contributed by atoms with van der Waals surface area (Å²) in [7, 11) is 0. The highest BCUT2D eigenvalue weighted by Crippen LogP contribution is 2.12. The molecular formula is C17H22IN3O. The van der Waals surface area contributed by atoms with E-state index in [1.54, 1.807) is 0 Å². The Labute approximate surface area is 148 Å². The normalized spacial score (nSPS) is 10.9. The van der Waals surface area contributed by atoms with E-state index in [1.165, 1.54) is 5.56 Å². The Bertz CT molecular complexity index is 629. The molecule has 0 radical (unpaired) electrons. The molecule has 2 aromatic carbocycles. The van der Waals surface area contributed by atoms with E-state index in [0.29, 0.717) is 12.5 Å². The lowest BCUT2D eigenvalue weighted by molar-refractivity contribution is 0.280. The van der Waals surface area contributed by atoms with Crippen LogP contribution >= 0.6 is 24.0 Å². The first-order valence-corrected chi connectivity index (χ1v) is 7.06. The number of rotatable bonds is 5. The van der Waals surface area contributed by atoms with Crippen LogP contribution in [0.4, 0.5) is 5.69 Å².